The molecule has 0 amide bonds. The van der Waals surface area contributed by atoms with Crippen molar-refractivity contribution >= 4 is 28.1 Å². The predicted octanol–water partition coefficient (Wildman–Crippen LogP) is 5.00. The molecule has 0 saturated carbocycles. The Kier molecular flexibility index (Phi) is 5.40. The average molecular weight is 343 g/mol. The molecular weight excluding hydrogens is 322 g/mol. The first-order valence-corrected chi connectivity index (χ1v) is 8.52. The smallest absolute Gasteiger partial charge is 0.150 e. The summed E-state index contributed by atoms with van der Waals surface area (Å²) in [5.41, 5.74) is 5.80. The molecule has 0 saturated heterocycles. The van der Waals surface area contributed by atoms with Crippen LogP contribution in [0.15, 0.2) is 66.7 Å². The van der Waals surface area contributed by atoms with Crippen molar-refractivity contribution in [3.63, 3.8) is 0 Å². The van der Waals surface area contributed by atoms with Gasteiger partial charge in [0, 0.05) is 16.3 Å². The summed E-state index contributed by atoms with van der Waals surface area (Å²) < 4.78 is 0. The quantitative estimate of drug-likeness (QED) is 0.412. The number of para-hydroxylation sites is 1. The monoisotopic (exact) mass is 343 g/mol. The van der Waals surface area contributed by atoms with Crippen LogP contribution in [0, 0.1) is 13.8 Å². The molecule has 3 aromatic carbocycles. The SMILES string of the molecule is Cc1cc2nc3ccccc3cc2cc1C=O.Cc1cccc(CO)c1. The molecule has 3 nitrogen and oxygen atoms in total. The summed E-state index contributed by atoms with van der Waals surface area (Å²) >= 11 is 0. The Morgan fingerprint density at radius 2 is 1.69 bits per heavy atom. The minimum absolute atomic E-state index is 0.141. The number of nitrogens with zero attached hydrogens (tertiary/aromatic N) is 1. The number of benzene rings is 3. The number of fused-ring (bicyclic) bond motifs is 2. The summed E-state index contributed by atoms with van der Waals surface area (Å²) in [5, 5.41) is 10.8. The number of aldehydes is 1. The van der Waals surface area contributed by atoms with E-state index in [1.807, 2.05) is 74.5 Å². The Morgan fingerprint density at radius 1 is 0.885 bits per heavy atom. The maximum absolute atomic E-state index is 10.9. The van der Waals surface area contributed by atoms with Crippen molar-refractivity contribution in [2.75, 3.05) is 0 Å². The zero-order chi connectivity index (χ0) is 18.5. The third kappa shape index (κ3) is 3.95. The first-order valence-electron chi connectivity index (χ1n) is 8.52. The number of rotatable bonds is 2. The number of hydrogen-bond acceptors (Lipinski definition) is 3. The number of aromatic nitrogens is 1. The van der Waals surface area contributed by atoms with Gasteiger partial charge in [-0.05, 0) is 49.2 Å². The van der Waals surface area contributed by atoms with Crippen molar-refractivity contribution in [3.8, 4) is 0 Å². The van der Waals surface area contributed by atoms with Gasteiger partial charge in [-0.1, -0.05) is 48.0 Å². The molecule has 1 aromatic heterocycles. The number of aliphatic hydroxyl groups excluding tert-OH is 1. The zero-order valence-electron chi connectivity index (χ0n) is 14.9. The van der Waals surface area contributed by atoms with Crippen LogP contribution in [0.25, 0.3) is 21.8 Å². The van der Waals surface area contributed by atoms with E-state index in [9.17, 15) is 4.79 Å². The molecule has 0 aliphatic heterocycles. The first kappa shape index (κ1) is 17.8. The summed E-state index contributed by atoms with van der Waals surface area (Å²) in [7, 11) is 0. The van der Waals surface area contributed by atoms with Gasteiger partial charge in [-0.15, -0.1) is 0 Å². The van der Waals surface area contributed by atoms with Gasteiger partial charge < -0.3 is 5.11 Å². The molecule has 26 heavy (non-hydrogen) atoms. The van der Waals surface area contributed by atoms with Crippen molar-refractivity contribution in [1.29, 1.82) is 0 Å². The molecule has 0 unspecified atom stereocenters. The van der Waals surface area contributed by atoms with E-state index < -0.39 is 0 Å². The largest absolute Gasteiger partial charge is 0.392 e. The molecule has 0 aliphatic rings. The second kappa shape index (κ2) is 7.89. The third-order valence-corrected chi connectivity index (χ3v) is 4.30. The number of aryl methyl sites for hydroxylation is 2. The van der Waals surface area contributed by atoms with Crippen LogP contribution in [0.2, 0.25) is 0 Å². The van der Waals surface area contributed by atoms with Crippen molar-refractivity contribution < 1.29 is 9.90 Å². The van der Waals surface area contributed by atoms with Gasteiger partial charge in [0.2, 0.25) is 0 Å². The molecule has 130 valence electrons. The Balaban J connectivity index is 0.000000185. The normalized spacial score (nSPS) is 10.4. The number of pyridine rings is 1. The highest BCUT2D eigenvalue weighted by Crippen LogP contribution is 2.22. The fourth-order valence-electron chi connectivity index (χ4n) is 2.89. The maximum atomic E-state index is 10.9. The van der Waals surface area contributed by atoms with E-state index in [4.69, 9.17) is 5.11 Å². The van der Waals surface area contributed by atoms with Crippen LogP contribution in [-0.2, 0) is 6.61 Å². The molecule has 0 spiro atoms. The number of carbonyl (C=O) groups excluding carboxylic acids is 1. The van der Waals surface area contributed by atoms with Crippen molar-refractivity contribution in [2.45, 2.75) is 20.5 Å². The highest BCUT2D eigenvalue weighted by molar-refractivity contribution is 5.95. The lowest BCUT2D eigenvalue weighted by Gasteiger charge is -2.04. The van der Waals surface area contributed by atoms with Crippen LogP contribution in [0.5, 0.6) is 0 Å². The standard InChI is InChI=1S/C15H11NO.C8H10O/c1-10-6-15-12(8-13(10)9-17)7-11-4-2-3-5-14(11)16-15;1-7-3-2-4-8(5-7)6-9/h2-9H,1H3;2-5,9H,6H2,1H3. The molecule has 1 heterocycles. The van der Waals surface area contributed by atoms with E-state index in [1.54, 1.807) is 0 Å². The van der Waals surface area contributed by atoms with E-state index in [2.05, 4.69) is 11.1 Å². The Bertz CT molecular complexity index is 1070. The number of aliphatic hydroxyl groups is 1. The van der Waals surface area contributed by atoms with E-state index in [0.717, 1.165) is 44.8 Å². The zero-order valence-corrected chi connectivity index (χ0v) is 14.9. The lowest BCUT2D eigenvalue weighted by molar-refractivity contribution is 0.112. The summed E-state index contributed by atoms with van der Waals surface area (Å²) in [5.74, 6) is 0. The molecule has 3 heteroatoms. The summed E-state index contributed by atoms with van der Waals surface area (Å²) in [6.07, 6.45) is 0.893. The van der Waals surface area contributed by atoms with E-state index in [-0.39, 0.29) is 6.61 Å². The van der Waals surface area contributed by atoms with Crippen molar-refractivity contribution in [1.82, 2.24) is 4.98 Å². The second-order valence-corrected chi connectivity index (χ2v) is 6.35. The third-order valence-electron chi connectivity index (χ3n) is 4.30. The van der Waals surface area contributed by atoms with Crippen LogP contribution < -0.4 is 0 Å². The highest BCUT2D eigenvalue weighted by atomic mass is 16.3. The van der Waals surface area contributed by atoms with Crippen molar-refractivity contribution in [3.05, 3.63) is 89.0 Å². The lowest BCUT2D eigenvalue weighted by Crippen LogP contribution is -1.89. The minimum Gasteiger partial charge on any atom is -0.392 e. The van der Waals surface area contributed by atoms with Gasteiger partial charge in [0.05, 0.1) is 17.6 Å². The summed E-state index contributed by atoms with van der Waals surface area (Å²) in [4.78, 5) is 15.5. The number of carbonyl (C=O) groups is 1. The van der Waals surface area contributed by atoms with Gasteiger partial charge in [0.15, 0.2) is 0 Å². The van der Waals surface area contributed by atoms with E-state index in [1.165, 1.54) is 5.56 Å². The minimum atomic E-state index is 0.141. The summed E-state index contributed by atoms with van der Waals surface area (Å²) in [6, 6.07) is 21.8. The van der Waals surface area contributed by atoms with Gasteiger partial charge in [-0.3, -0.25) is 4.79 Å². The van der Waals surface area contributed by atoms with E-state index >= 15 is 0 Å². The molecule has 0 aliphatic carbocycles. The van der Waals surface area contributed by atoms with Crippen molar-refractivity contribution in [2.24, 2.45) is 0 Å². The van der Waals surface area contributed by atoms with Crippen LogP contribution in [-0.4, -0.2) is 16.4 Å². The molecule has 4 aromatic rings. The molecular formula is C23H21NO2. The molecule has 0 radical (unpaired) electrons. The predicted molar refractivity (Wildman–Crippen MR) is 106 cm³/mol. The molecule has 0 fully saturated rings. The maximum Gasteiger partial charge on any atom is 0.150 e. The molecule has 1 N–H and O–H groups in total. The first-order chi connectivity index (χ1) is 12.6. The fraction of sp³-hybridized carbons (Fsp3) is 0.130. The van der Waals surface area contributed by atoms with Crippen LogP contribution in [0.4, 0.5) is 0 Å². The molecule has 0 atom stereocenters. The average Bonchev–Trinajstić information content (AvgIpc) is 2.66. The van der Waals surface area contributed by atoms with Crippen LogP contribution in [0.3, 0.4) is 0 Å². The second-order valence-electron chi connectivity index (χ2n) is 6.35. The number of hydrogen-bond donors (Lipinski definition) is 1. The van der Waals surface area contributed by atoms with Gasteiger partial charge in [-0.2, -0.15) is 0 Å². The molecule has 4 rings (SSSR count). The fourth-order valence-corrected chi connectivity index (χ4v) is 2.89. The van der Waals surface area contributed by atoms with Gasteiger partial charge >= 0.3 is 0 Å². The molecule has 0 bridgehead atoms. The Morgan fingerprint density at radius 3 is 2.38 bits per heavy atom. The lowest BCUT2D eigenvalue weighted by atomic mass is 10.0. The van der Waals surface area contributed by atoms with Crippen LogP contribution >= 0.6 is 0 Å². The van der Waals surface area contributed by atoms with E-state index in [0.29, 0.717) is 0 Å². The van der Waals surface area contributed by atoms with Gasteiger partial charge in [0.25, 0.3) is 0 Å². The van der Waals surface area contributed by atoms with Gasteiger partial charge in [0.1, 0.15) is 6.29 Å². The Labute approximate surface area is 152 Å². The topological polar surface area (TPSA) is 50.2 Å². The Hall–Kier alpha value is -3.04. The van der Waals surface area contributed by atoms with Crippen LogP contribution in [0.1, 0.15) is 27.0 Å². The highest BCUT2D eigenvalue weighted by Gasteiger charge is 2.03. The van der Waals surface area contributed by atoms with Gasteiger partial charge in [-0.25, -0.2) is 4.98 Å². The summed E-state index contributed by atoms with van der Waals surface area (Å²) in [6.45, 7) is 4.08.